The van der Waals surface area contributed by atoms with Gasteiger partial charge in [-0.3, -0.25) is 4.90 Å². The molecule has 0 atom stereocenters. The van der Waals surface area contributed by atoms with Crippen molar-refractivity contribution >= 4 is 0 Å². The van der Waals surface area contributed by atoms with Crippen LogP contribution < -0.4 is 5.32 Å². The van der Waals surface area contributed by atoms with E-state index in [9.17, 15) is 0 Å². The third kappa shape index (κ3) is 23.2. The molecule has 0 rings (SSSR count). The molecule has 0 aliphatic rings. The van der Waals surface area contributed by atoms with E-state index in [4.69, 9.17) is 10.2 Å². The zero-order chi connectivity index (χ0) is 11.2. The minimum absolute atomic E-state index is 0. The summed E-state index contributed by atoms with van der Waals surface area (Å²) in [6, 6.07) is 0. The van der Waals surface area contributed by atoms with Gasteiger partial charge in [-0.1, -0.05) is 20.1 Å². The smallest absolute Gasteiger partial charge is 0.0558 e. The van der Waals surface area contributed by atoms with Gasteiger partial charge in [-0.25, -0.2) is 0 Å². The number of hydrogen-bond acceptors (Lipinski definition) is 4. The normalized spacial score (nSPS) is 7.75. The van der Waals surface area contributed by atoms with Crippen LogP contribution in [0.4, 0.5) is 0 Å². The molecule has 0 aliphatic heterocycles. The molecule has 0 heterocycles. The Hall–Kier alpha value is -0.920. The van der Waals surface area contributed by atoms with Gasteiger partial charge in [0.05, 0.1) is 13.2 Å². The Kier molecular flexibility index (Phi) is 36.1. The summed E-state index contributed by atoms with van der Waals surface area (Å²) in [5.41, 5.74) is 0. The number of rotatable bonds is 7. The average molecular weight is 238 g/mol. The largest absolute Gasteiger partial charge is 0.412 e. The number of likely N-dealkylation sites (N-methyl/N-ethyl adjacent to an activating group) is 1. The molecule has 0 aromatic heterocycles. The fourth-order valence-electron chi connectivity index (χ4n) is 0.794. The van der Waals surface area contributed by atoms with E-state index < -0.39 is 0 Å². The van der Waals surface area contributed by atoms with Gasteiger partial charge >= 0.3 is 0 Å². The van der Waals surface area contributed by atoms with Crippen LogP contribution in [0.15, 0.2) is 25.6 Å². The van der Waals surface area contributed by atoms with Crippen molar-refractivity contribution in [2.45, 2.75) is 6.92 Å². The highest BCUT2D eigenvalue weighted by atomic mass is 16.3. The summed E-state index contributed by atoms with van der Waals surface area (Å²) in [4.78, 5) is 1.99. The maximum Gasteiger partial charge on any atom is 0.0558 e. The van der Waals surface area contributed by atoms with Crippen LogP contribution in [0.2, 0.25) is 0 Å². The van der Waals surface area contributed by atoms with E-state index in [2.05, 4.69) is 18.5 Å². The molecule has 7 N–H and O–H groups in total. The number of aliphatic hydroxyl groups is 2. The second kappa shape index (κ2) is 23.7. The summed E-state index contributed by atoms with van der Waals surface area (Å²) in [5, 5.41) is 19.6. The topological polar surface area (TPSA) is 119 Å². The second-order valence-corrected chi connectivity index (χ2v) is 2.46. The Labute approximate surface area is 97.5 Å². The van der Waals surface area contributed by atoms with E-state index in [1.807, 2.05) is 11.8 Å². The van der Waals surface area contributed by atoms with E-state index in [0.717, 1.165) is 6.54 Å². The molecule has 0 saturated heterocycles. The first-order valence-corrected chi connectivity index (χ1v) is 4.68. The lowest BCUT2D eigenvalue weighted by Gasteiger charge is -2.16. The van der Waals surface area contributed by atoms with E-state index in [1.54, 1.807) is 12.4 Å². The summed E-state index contributed by atoms with van der Waals surface area (Å²) in [6.45, 7) is 11.3. The Balaban J connectivity index is -0.0000000904. The number of nitrogens with one attached hydrogen (secondary N) is 1. The van der Waals surface area contributed by atoms with Gasteiger partial charge in [-0.05, 0) is 18.9 Å². The molecule has 0 radical (unpaired) electrons. The molecule has 0 amide bonds. The van der Waals surface area contributed by atoms with Crippen molar-refractivity contribution in [2.24, 2.45) is 0 Å². The quantitative estimate of drug-likeness (QED) is 0.500. The van der Waals surface area contributed by atoms with Crippen molar-refractivity contribution in [3.8, 4) is 0 Å². The van der Waals surface area contributed by atoms with E-state index in [1.165, 1.54) is 0 Å². The minimum Gasteiger partial charge on any atom is -0.412 e. The summed E-state index contributed by atoms with van der Waals surface area (Å²) >= 11 is 0. The fourth-order valence-corrected chi connectivity index (χ4v) is 0.794. The van der Waals surface area contributed by atoms with E-state index >= 15 is 0 Å². The molecule has 6 nitrogen and oxygen atoms in total. The van der Waals surface area contributed by atoms with Gasteiger partial charge in [0.25, 0.3) is 0 Å². The first-order chi connectivity index (χ1) is 6.76. The molecule has 0 aromatic carbocycles. The summed E-state index contributed by atoms with van der Waals surface area (Å²) < 4.78 is 0. The Morgan fingerprint density at radius 1 is 1.06 bits per heavy atom. The predicted molar refractivity (Wildman–Crippen MR) is 67.0 cm³/mol. The van der Waals surface area contributed by atoms with Crippen molar-refractivity contribution in [1.82, 2.24) is 10.2 Å². The SMILES string of the molecule is C=CNC=C.CCN(CCO)CCO.O.O. The van der Waals surface area contributed by atoms with Gasteiger partial charge in [-0.2, -0.15) is 0 Å². The lowest BCUT2D eigenvalue weighted by Crippen LogP contribution is -2.29. The van der Waals surface area contributed by atoms with E-state index in [-0.39, 0.29) is 24.2 Å². The fraction of sp³-hybridized carbons (Fsp3) is 0.600. The van der Waals surface area contributed by atoms with Gasteiger partial charge in [-0.15, -0.1) is 0 Å². The molecule has 100 valence electrons. The lowest BCUT2D eigenvalue weighted by atomic mass is 10.5. The third-order valence-electron chi connectivity index (χ3n) is 1.52. The Bertz CT molecular complexity index is 122. The molecular formula is C10H26N2O4. The third-order valence-corrected chi connectivity index (χ3v) is 1.52. The van der Waals surface area contributed by atoms with Crippen LogP contribution in [0.1, 0.15) is 6.92 Å². The van der Waals surface area contributed by atoms with Crippen LogP contribution in [-0.2, 0) is 0 Å². The second-order valence-electron chi connectivity index (χ2n) is 2.46. The molecule has 0 spiro atoms. The maximum atomic E-state index is 8.47. The highest BCUT2D eigenvalue weighted by Crippen LogP contribution is 1.83. The number of nitrogens with zero attached hydrogens (tertiary/aromatic N) is 1. The highest BCUT2D eigenvalue weighted by molar-refractivity contribution is 4.72. The highest BCUT2D eigenvalue weighted by Gasteiger charge is 1.97. The zero-order valence-corrected chi connectivity index (χ0v) is 9.95. The van der Waals surface area contributed by atoms with Crippen LogP contribution in [0.3, 0.4) is 0 Å². The van der Waals surface area contributed by atoms with Gasteiger partial charge < -0.3 is 26.5 Å². The summed E-state index contributed by atoms with van der Waals surface area (Å²) in [7, 11) is 0. The minimum atomic E-state index is 0. The molecule has 0 fully saturated rings. The van der Waals surface area contributed by atoms with Crippen LogP contribution in [0, 0.1) is 0 Å². The first kappa shape index (κ1) is 24.4. The zero-order valence-electron chi connectivity index (χ0n) is 9.95. The van der Waals surface area contributed by atoms with Crippen molar-refractivity contribution in [1.29, 1.82) is 0 Å². The molecule has 0 aromatic rings. The van der Waals surface area contributed by atoms with Crippen LogP contribution in [-0.4, -0.2) is 58.9 Å². The summed E-state index contributed by atoms with van der Waals surface area (Å²) in [6.07, 6.45) is 3.12. The van der Waals surface area contributed by atoms with Crippen molar-refractivity contribution in [3.63, 3.8) is 0 Å². The monoisotopic (exact) mass is 238 g/mol. The number of hydrogen-bond donors (Lipinski definition) is 3. The standard InChI is InChI=1S/C6H15NO2.C4H7N.2H2O/c1-2-7(3-5-8)4-6-9;1-3-5-4-2;;/h8-9H,2-6H2,1H3;3-5H,1-2H2;2*1H2. The molecule has 6 heteroatoms. The van der Waals surface area contributed by atoms with E-state index in [0.29, 0.717) is 13.1 Å². The molecule has 16 heavy (non-hydrogen) atoms. The van der Waals surface area contributed by atoms with Gasteiger partial charge in [0.1, 0.15) is 0 Å². The first-order valence-electron chi connectivity index (χ1n) is 4.68. The molecular weight excluding hydrogens is 212 g/mol. The Morgan fingerprint density at radius 3 is 1.56 bits per heavy atom. The lowest BCUT2D eigenvalue weighted by molar-refractivity contribution is 0.166. The van der Waals surface area contributed by atoms with Gasteiger partial charge in [0.15, 0.2) is 0 Å². The van der Waals surface area contributed by atoms with Crippen LogP contribution in [0.25, 0.3) is 0 Å². The Morgan fingerprint density at radius 2 is 1.44 bits per heavy atom. The van der Waals surface area contributed by atoms with Crippen molar-refractivity contribution < 1.29 is 21.2 Å². The van der Waals surface area contributed by atoms with Crippen molar-refractivity contribution in [2.75, 3.05) is 32.8 Å². The molecule has 0 saturated carbocycles. The summed E-state index contributed by atoms with van der Waals surface area (Å²) in [5.74, 6) is 0. The van der Waals surface area contributed by atoms with Crippen molar-refractivity contribution in [3.05, 3.63) is 25.6 Å². The molecule has 0 bridgehead atoms. The van der Waals surface area contributed by atoms with Crippen LogP contribution >= 0.6 is 0 Å². The van der Waals surface area contributed by atoms with Gasteiger partial charge in [0, 0.05) is 13.1 Å². The maximum absolute atomic E-state index is 8.47. The molecule has 0 aliphatic carbocycles. The number of aliphatic hydroxyl groups excluding tert-OH is 2. The molecule has 0 unspecified atom stereocenters. The predicted octanol–water partition coefficient (Wildman–Crippen LogP) is -1.49. The average Bonchev–Trinajstić information content (AvgIpc) is 2.20. The van der Waals surface area contributed by atoms with Gasteiger partial charge in [0.2, 0.25) is 0 Å². The van der Waals surface area contributed by atoms with Crippen LogP contribution in [0.5, 0.6) is 0 Å².